The number of nitrogens with one attached hydrogen (secondary N) is 1. The maximum absolute atomic E-state index is 6.06. The Hall–Kier alpha value is -2.53. The lowest BCUT2D eigenvalue weighted by Crippen LogP contribution is -1.99. The van der Waals surface area contributed by atoms with E-state index in [-0.39, 0.29) is 5.95 Å². The van der Waals surface area contributed by atoms with Crippen molar-refractivity contribution in [2.24, 2.45) is 0 Å². The molecule has 3 aromatic rings. The maximum atomic E-state index is 6.06. The number of hydrogen-bond donors (Lipinski definition) is 2. The van der Waals surface area contributed by atoms with Crippen LogP contribution in [0.1, 0.15) is 0 Å². The summed E-state index contributed by atoms with van der Waals surface area (Å²) in [5.41, 5.74) is 9.30. The van der Waals surface area contributed by atoms with Crippen LogP contribution >= 0.6 is 11.6 Å². The molecule has 0 aliphatic heterocycles. The summed E-state index contributed by atoms with van der Waals surface area (Å²) >= 11 is 6.06. The Labute approximate surface area is 126 Å². The number of nitrogens with zero attached hydrogens (tertiary/aromatic N) is 2. The van der Waals surface area contributed by atoms with Gasteiger partial charge < -0.3 is 15.5 Å². The van der Waals surface area contributed by atoms with Crippen LogP contribution in [0.4, 0.5) is 5.95 Å². The molecule has 3 rings (SSSR count). The van der Waals surface area contributed by atoms with Gasteiger partial charge in [0.2, 0.25) is 11.8 Å². The molecule has 0 amide bonds. The van der Waals surface area contributed by atoms with Crippen LogP contribution in [0.25, 0.3) is 22.4 Å². The van der Waals surface area contributed by atoms with Gasteiger partial charge in [0.05, 0.1) is 12.8 Å². The highest BCUT2D eigenvalue weighted by molar-refractivity contribution is 6.30. The lowest BCUT2D eigenvalue weighted by Gasteiger charge is -2.07. The van der Waals surface area contributed by atoms with Gasteiger partial charge in [-0.05, 0) is 17.7 Å². The molecule has 21 heavy (non-hydrogen) atoms. The lowest BCUT2D eigenvalue weighted by molar-refractivity contribution is 0.398. The lowest BCUT2D eigenvalue weighted by atomic mass is 10.0. The molecule has 0 aliphatic carbocycles. The van der Waals surface area contributed by atoms with Crippen molar-refractivity contribution in [1.82, 2.24) is 15.0 Å². The molecule has 6 heteroatoms. The summed E-state index contributed by atoms with van der Waals surface area (Å²) in [6.07, 6.45) is 3.75. The van der Waals surface area contributed by atoms with Gasteiger partial charge in [-0.25, -0.2) is 4.98 Å². The highest BCUT2D eigenvalue weighted by Gasteiger charge is 2.12. The first-order chi connectivity index (χ1) is 10.2. The summed E-state index contributed by atoms with van der Waals surface area (Å²) in [6.45, 7) is 0. The van der Waals surface area contributed by atoms with Crippen molar-refractivity contribution in [3.63, 3.8) is 0 Å². The van der Waals surface area contributed by atoms with E-state index in [2.05, 4.69) is 15.0 Å². The number of H-pyrrole nitrogens is 1. The van der Waals surface area contributed by atoms with Crippen molar-refractivity contribution in [1.29, 1.82) is 0 Å². The number of nitrogen functional groups attached to an aromatic ring is 1. The first-order valence-corrected chi connectivity index (χ1v) is 6.67. The number of aromatic nitrogens is 3. The minimum atomic E-state index is 0.169. The Morgan fingerprint density at radius 1 is 1.14 bits per heavy atom. The van der Waals surface area contributed by atoms with E-state index in [9.17, 15) is 0 Å². The molecule has 3 N–H and O–H groups in total. The fourth-order valence-corrected chi connectivity index (χ4v) is 2.35. The predicted octanol–water partition coefficient (Wildman–Crippen LogP) is 3.38. The van der Waals surface area contributed by atoms with Gasteiger partial charge in [-0.3, -0.25) is 0 Å². The van der Waals surface area contributed by atoms with Crippen LogP contribution in [0, 0.1) is 0 Å². The molecule has 0 spiro atoms. The Balaban J connectivity index is 2.13. The van der Waals surface area contributed by atoms with E-state index in [1.165, 1.54) is 0 Å². The van der Waals surface area contributed by atoms with Crippen molar-refractivity contribution in [3.05, 3.63) is 47.7 Å². The largest absolute Gasteiger partial charge is 0.481 e. The maximum Gasteiger partial charge on any atom is 0.223 e. The summed E-state index contributed by atoms with van der Waals surface area (Å²) in [5, 5.41) is 0.680. The normalized spacial score (nSPS) is 10.6. The Morgan fingerprint density at radius 2 is 1.95 bits per heavy atom. The molecule has 2 aromatic heterocycles. The van der Waals surface area contributed by atoms with Crippen molar-refractivity contribution in [3.8, 4) is 28.3 Å². The molecule has 0 saturated carbocycles. The zero-order valence-corrected chi connectivity index (χ0v) is 12.1. The van der Waals surface area contributed by atoms with Gasteiger partial charge in [0, 0.05) is 34.6 Å². The number of rotatable bonds is 3. The topological polar surface area (TPSA) is 76.8 Å². The second-order valence-corrected chi connectivity index (χ2v) is 4.88. The van der Waals surface area contributed by atoms with Crippen LogP contribution in [0.5, 0.6) is 5.88 Å². The number of nitrogens with two attached hydrogens (primary N) is 1. The van der Waals surface area contributed by atoms with E-state index in [0.717, 1.165) is 16.7 Å². The SMILES string of the molecule is COc1cc(-c2c[nH]cc2-c2cccc(Cl)c2)nc(N)n1. The average molecular weight is 301 g/mol. The Morgan fingerprint density at radius 3 is 2.71 bits per heavy atom. The van der Waals surface area contributed by atoms with E-state index in [4.69, 9.17) is 22.1 Å². The molecule has 0 saturated heterocycles. The molecule has 0 bridgehead atoms. The molecule has 106 valence electrons. The zero-order valence-electron chi connectivity index (χ0n) is 11.3. The molecule has 0 radical (unpaired) electrons. The molecule has 1 aromatic carbocycles. The fraction of sp³-hybridized carbons (Fsp3) is 0.0667. The second kappa shape index (κ2) is 5.46. The highest BCUT2D eigenvalue weighted by atomic mass is 35.5. The number of aromatic amines is 1. The monoisotopic (exact) mass is 300 g/mol. The Bertz CT molecular complexity index is 785. The molecule has 0 atom stereocenters. The fourth-order valence-electron chi connectivity index (χ4n) is 2.16. The van der Waals surface area contributed by atoms with Crippen LogP contribution in [0.2, 0.25) is 5.02 Å². The second-order valence-electron chi connectivity index (χ2n) is 4.45. The Kier molecular flexibility index (Phi) is 3.50. The molecule has 2 heterocycles. The van der Waals surface area contributed by atoms with Gasteiger partial charge in [0.15, 0.2) is 0 Å². The minimum Gasteiger partial charge on any atom is -0.481 e. The van der Waals surface area contributed by atoms with Gasteiger partial charge in [0.25, 0.3) is 0 Å². The van der Waals surface area contributed by atoms with E-state index in [0.29, 0.717) is 16.6 Å². The van der Waals surface area contributed by atoms with Crippen LogP contribution in [0.3, 0.4) is 0 Å². The number of ether oxygens (including phenoxy) is 1. The van der Waals surface area contributed by atoms with Crippen molar-refractivity contribution < 1.29 is 4.74 Å². The van der Waals surface area contributed by atoms with E-state index >= 15 is 0 Å². The summed E-state index contributed by atoms with van der Waals surface area (Å²) in [7, 11) is 1.54. The first-order valence-electron chi connectivity index (χ1n) is 6.29. The average Bonchev–Trinajstić information content (AvgIpc) is 2.96. The molecule has 5 nitrogen and oxygen atoms in total. The summed E-state index contributed by atoms with van der Waals surface area (Å²) in [4.78, 5) is 11.3. The van der Waals surface area contributed by atoms with E-state index in [1.807, 2.05) is 36.7 Å². The highest BCUT2D eigenvalue weighted by Crippen LogP contribution is 2.33. The minimum absolute atomic E-state index is 0.169. The van der Waals surface area contributed by atoms with Gasteiger partial charge >= 0.3 is 0 Å². The molecular formula is C15H13ClN4O. The molecule has 0 aliphatic rings. The smallest absolute Gasteiger partial charge is 0.223 e. The van der Waals surface area contributed by atoms with Gasteiger partial charge in [-0.2, -0.15) is 4.98 Å². The number of methoxy groups -OCH3 is 1. The number of anilines is 1. The number of halogens is 1. The summed E-state index contributed by atoms with van der Waals surface area (Å²) in [6, 6.07) is 9.37. The standard InChI is InChI=1S/C15H13ClN4O/c1-21-14-6-13(19-15(17)20-14)12-8-18-7-11(12)9-3-2-4-10(16)5-9/h2-8,18H,1H3,(H2,17,19,20). The van der Waals surface area contributed by atoms with Crippen LogP contribution in [-0.4, -0.2) is 22.1 Å². The molecular weight excluding hydrogens is 288 g/mol. The quantitative estimate of drug-likeness (QED) is 0.777. The summed E-state index contributed by atoms with van der Waals surface area (Å²) < 4.78 is 5.14. The third kappa shape index (κ3) is 2.68. The predicted molar refractivity (Wildman–Crippen MR) is 83.2 cm³/mol. The van der Waals surface area contributed by atoms with Crippen molar-refractivity contribution in [2.75, 3.05) is 12.8 Å². The number of benzene rings is 1. The zero-order chi connectivity index (χ0) is 14.8. The third-order valence-electron chi connectivity index (χ3n) is 3.09. The molecule has 0 fully saturated rings. The first kappa shape index (κ1) is 13.5. The van der Waals surface area contributed by atoms with Gasteiger partial charge in [-0.15, -0.1) is 0 Å². The number of hydrogen-bond acceptors (Lipinski definition) is 4. The van der Waals surface area contributed by atoms with E-state index in [1.54, 1.807) is 13.2 Å². The van der Waals surface area contributed by atoms with Crippen molar-refractivity contribution in [2.45, 2.75) is 0 Å². The van der Waals surface area contributed by atoms with E-state index < -0.39 is 0 Å². The van der Waals surface area contributed by atoms with Crippen LogP contribution in [0.15, 0.2) is 42.7 Å². The molecule has 0 unspecified atom stereocenters. The van der Waals surface area contributed by atoms with Crippen LogP contribution in [-0.2, 0) is 0 Å². The van der Waals surface area contributed by atoms with Crippen molar-refractivity contribution >= 4 is 17.5 Å². The van der Waals surface area contributed by atoms with Gasteiger partial charge in [-0.1, -0.05) is 23.7 Å². The van der Waals surface area contributed by atoms with Crippen LogP contribution < -0.4 is 10.5 Å². The van der Waals surface area contributed by atoms with Gasteiger partial charge in [0.1, 0.15) is 0 Å². The third-order valence-corrected chi connectivity index (χ3v) is 3.32. The summed E-state index contributed by atoms with van der Waals surface area (Å²) in [5.74, 6) is 0.596.